The molecule has 1 fully saturated rings. The van der Waals surface area contributed by atoms with Gasteiger partial charge in [0, 0.05) is 23.2 Å². The summed E-state index contributed by atoms with van der Waals surface area (Å²) in [5.41, 5.74) is 9.13. The molecule has 2 aliphatic rings. The molecule has 0 bridgehead atoms. The van der Waals surface area contributed by atoms with Crippen LogP contribution in [0.2, 0.25) is 5.02 Å². The van der Waals surface area contributed by atoms with E-state index in [4.69, 9.17) is 26.8 Å². The number of benzene rings is 1. The number of hydrogen-bond acceptors (Lipinski definition) is 6. The summed E-state index contributed by atoms with van der Waals surface area (Å²) in [5.74, 6) is -0.865. The van der Waals surface area contributed by atoms with Crippen LogP contribution in [-0.4, -0.2) is 37.5 Å². The van der Waals surface area contributed by atoms with E-state index < -0.39 is 5.79 Å². The maximum atomic E-state index is 14.8. The first-order valence-electron chi connectivity index (χ1n) is 11.2. The molecule has 3 atom stereocenters. The van der Waals surface area contributed by atoms with Gasteiger partial charge >= 0.3 is 0 Å². The molecule has 1 aliphatic heterocycles. The van der Waals surface area contributed by atoms with Gasteiger partial charge in [0.25, 0.3) is 0 Å². The first-order valence-corrected chi connectivity index (χ1v) is 11.5. The van der Waals surface area contributed by atoms with Crippen molar-refractivity contribution in [1.82, 2.24) is 19.5 Å². The lowest BCUT2D eigenvalue weighted by molar-refractivity contribution is -0.147. The van der Waals surface area contributed by atoms with Crippen LogP contribution in [0, 0.1) is 5.82 Å². The molecule has 6 rings (SSSR count). The van der Waals surface area contributed by atoms with Crippen LogP contribution >= 0.6 is 11.6 Å². The number of halogens is 2. The third kappa shape index (κ3) is 3.53. The van der Waals surface area contributed by atoms with Gasteiger partial charge in [-0.25, -0.2) is 19.3 Å². The molecule has 1 aliphatic carbocycles. The molecule has 4 aromatic rings. The maximum absolute atomic E-state index is 14.8. The third-order valence-electron chi connectivity index (χ3n) is 6.54. The lowest BCUT2D eigenvalue weighted by Gasteiger charge is -2.22. The summed E-state index contributed by atoms with van der Waals surface area (Å²) in [6.07, 6.45) is 8.51. The van der Waals surface area contributed by atoms with Crippen molar-refractivity contribution in [1.29, 1.82) is 0 Å². The molecule has 3 aromatic heterocycles. The van der Waals surface area contributed by atoms with Crippen molar-refractivity contribution in [2.24, 2.45) is 0 Å². The summed E-state index contributed by atoms with van der Waals surface area (Å²) >= 11 is 6.02. The van der Waals surface area contributed by atoms with Crippen molar-refractivity contribution in [3.8, 4) is 0 Å². The summed E-state index contributed by atoms with van der Waals surface area (Å²) in [5, 5.41) is 1.58. The second kappa shape index (κ2) is 7.73. The fourth-order valence-corrected chi connectivity index (χ4v) is 5.20. The van der Waals surface area contributed by atoms with E-state index in [-0.39, 0.29) is 34.9 Å². The van der Waals surface area contributed by atoms with Gasteiger partial charge in [0.1, 0.15) is 35.8 Å². The van der Waals surface area contributed by atoms with Gasteiger partial charge in [-0.2, -0.15) is 0 Å². The second-order valence-electron chi connectivity index (χ2n) is 9.28. The van der Waals surface area contributed by atoms with Crippen molar-refractivity contribution in [3.05, 3.63) is 71.0 Å². The molecule has 0 radical (unpaired) electrons. The molecule has 0 unspecified atom stereocenters. The van der Waals surface area contributed by atoms with Gasteiger partial charge in [-0.3, -0.25) is 0 Å². The third-order valence-corrected chi connectivity index (χ3v) is 6.84. The Morgan fingerprint density at radius 3 is 2.91 bits per heavy atom. The van der Waals surface area contributed by atoms with Crippen molar-refractivity contribution < 1.29 is 13.9 Å². The highest BCUT2D eigenvalue weighted by molar-refractivity contribution is 6.33. The zero-order valence-corrected chi connectivity index (χ0v) is 19.5. The van der Waals surface area contributed by atoms with E-state index in [0.29, 0.717) is 23.7 Å². The molecule has 0 saturated carbocycles. The fourth-order valence-electron chi connectivity index (χ4n) is 5.05. The van der Waals surface area contributed by atoms with Crippen molar-refractivity contribution in [3.63, 3.8) is 0 Å². The minimum atomic E-state index is -0.694. The van der Waals surface area contributed by atoms with Crippen molar-refractivity contribution in [2.75, 3.05) is 5.73 Å². The van der Waals surface area contributed by atoms with Crippen LogP contribution in [0.3, 0.4) is 0 Å². The highest BCUT2D eigenvalue weighted by Gasteiger charge is 2.50. The Balaban J connectivity index is 1.32. The molecule has 1 aromatic carbocycles. The molecule has 7 nitrogen and oxygen atoms in total. The van der Waals surface area contributed by atoms with E-state index in [2.05, 4.69) is 25.6 Å². The van der Waals surface area contributed by atoms with Crippen LogP contribution in [-0.2, 0) is 15.9 Å². The Morgan fingerprint density at radius 1 is 1.21 bits per heavy atom. The van der Waals surface area contributed by atoms with Crippen LogP contribution in [0.1, 0.15) is 31.9 Å². The molecule has 4 heterocycles. The van der Waals surface area contributed by atoms with E-state index in [1.807, 2.05) is 32.2 Å². The van der Waals surface area contributed by atoms with E-state index in [9.17, 15) is 4.39 Å². The van der Waals surface area contributed by atoms with Crippen molar-refractivity contribution >= 4 is 39.4 Å². The van der Waals surface area contributed by atoms with Gasteiger partial charge in [-0.15, -0.1) is 0 Å². The van der Waals surface area contributed by atoms with Crippen LogP contribution in [0.15, 0.2) is 54.6 Å². The predicted molar refractivity (Wildman–Crippen MR) is 128 cm³/mol. The highest BCUT2D eigenvalue weighted by Crippen LogP contribution is 2.45. The number of nitrogen functional groups attached to an aromatic ring is 1. The van der Waals surface area contributed by atoms with Gasteiger partial charge in [-0.05, 0) is 62.1 Å². The molecule has 1 saturated heterocycles. The van der Waals surface area contributed by atoms with Crippen LogP contribution in [0.25, 0.3) is 21.9 Å². The Bertz CT molecular complexity index is 1470. The van der Waals surface area contributed by atoms with Gasteiger partial charge < -0.3 is 19.8 Å². The summed E-state index contributed by atoms with van der Waals surface area (Å²) in [6.45, 7) is 3.85. The SMILES string of the molecule is CC1(C)O[C@@H]2[C@H](O1)C(CCc1cc(F)c3cc(Cl)c(N)nc3c1)=C[C@H]2n1ccc2cncnc21. The quantitative estimate of drug-likeness (QED) is 0.415. The number of nitrogens with two attached hydrogens (primary N) is 1. The predicted octanol–water partition coefficient (Wildman–Crippen LogP) is 4.99. The zero-order valence-electron chi connectivity index (χ0n) is 18.7. The molecular weight excluding hydrogens is 457 g/mol. The number of fused-ring (bicyclic) bond motifs is 3. The topological polar surface area (TPSA) is 88.1 Å². The standard InChI is InChI=1S/C25H23ClFN5O2/c1-25(2)33-21-14(4-3-13-7-18(27)16-10-17(26)23(28)31-19(16)8-13)9-20(22(21)34-25)32-6-5-15-11-29-12-30-24(15)32/h5-12,20-22H,3-4H2,1-2H3,(H2,28,31)/t20-,21-,22+/m1/s1. The first kappa shape index (κ1) is 21.5. The number of hydrogen-bond donors (Lipinski definition) is 1. The number of aromatic nitrogens is 4. The maximum Gasteiger partial charge on any atom is 0.164 e. The Labute approximate surface area is 200 Å². The molecule has 174 valence electrons. The smallest absolute Gasteiger partial charge is 0.164 e. The Morgan fingerprint density at radius 2 is 2.06 bits per heavy atom. The number of anilines is 1. The number of aryl methyl sites for hydroxylation is 1. The van der Waals surface area contributed by atoms with Crippen LogP contribution in [0.4, 0.5) is 10.2 Å². The average molecular weight is 480 g/mol. The number of rotatable bonds is 4. The zero-order chi connectivity index (χ0) is 23.6. The second-order valence-corrected chi connectivity index (χ2v) is 9.68. The molecule has 0 spiro atoms. The van der Waals surface area contributed by atoms with Crippen LogP contribution in [0.5, 0.6) is 0 Å². The molecular formula is C25H23ClFN5O2. The summed E-state index contributed by atoms with van der Waals surface area (Å²) < 4.78 is 29.5. The summed E-state index contributed by atoms with van der Waals surface area (Å²) in [6, 6.07) is 6.85. The molecule has 34 heavy (non-hydrogen) atoms. The fraction of sp³-hybridized carbons (Fsp3) is 0.320. The minimum Gasteiger partial charge on any atom is -0.382 e. The van der Waals surface area contributed by atoms with Gasteiger partial charge in [-0.1, -0.05) is 17.7 Å². The van der Waals surface area contributed by atoms with Gasteiger partial charge in [0.15, 0.2) is 5.79 Å². The van der Waals surface area contributed by atoms with Gasteiger partial charge in [0.2, 0.25) is 0 Å². The lowest BCUT2D eigenvalue weighted by atomic mass is 10.0. The molecule has 9 heteroatoms. The molecule has 0 amide bonds. The monoisotopic (exact) mass is 479 g/mol. The normalized spacial score (nSPS) is 23.5. The Kier molecular flexibility index (Phi) is 4.88. The van der Waals surface area contributed by atoms with Crippen molar-refractivity contribution in [2.45, 2.75) is 50.7 Å². The number of nitrogens with zero attached hydrogens (tertiary/aromatic N) is 4. The first-order chi connectivity index (χ1) is 16.3. The average Bonchev–Trinajstić information content (AvgIpc) is 3.44. The summed E-state index contributed by atoms with van der Waals surface area (Å²) in [4.78, 5) is 12.8. The Hall–Kier alpha value is -3.07. The largest absolute Gasteiger partial charge is 0.382 e. The number of ether oxygens (including phenoxy) is 2. The van der Waals surface area contributed by atoms with E-state index >= 15 is 0 Å². The van der Waals surface area contributed by atoms with Crippen LogP contribution < -0.4 is 5.73 Å². The minimum absolute atomic E-state index is 0.0638. The summed E-state index contributed by atoms with van der Waals surface area (Å²) in [7, 11) is 0. The molecule has 2 N–H and O–H groups in total. The number of pyridine rings is 1. The lowest BCUT2D eigenvalue weighted by Crippen LogP contribution is -2.27. The highest BCUT2D eigenvalue weighted by atomic mass is 35.5. The van der Waals surface area contributed by atoms with Gasteiger partial charge in [0.05, 0.1) is 16.6 Å². The van der Waals surface area contributed by atoms with E-state index in [0.717, 1.165) is 22.2 Å². The van der Waals surface area contributed by atoms with E-state index in [1.54, 1.807) is 12.5 Å². The van der Waals surface area contributed by atoms with E-state index in [1.165, 1.54) is 12.1 Å².